The van der Waals surface area contributed by atoms with E-state index < -0.39 is 0 Å². The molecular formula is C20H39IN4O2. The molecule has 0 aromatic carbocycles. The van der Waals surface area contributed by atoms with Crippen LogP contribution in [0.1, 0.15) is 46.5 Å². The van der Waals surface area contributed by atoms with E-state index in [2.05, 4.69) is 35.9 Å². The molecule has 2 aliphatic heterocycles. The predicted molar refractivity (Wildman–Crippen MR) is 122 cm³/mol. The van der Waals surface area contributed by atoms with Gasteiger partial charge in [-0.2, -0.15) is 0 Å². The molecule has 0 aromatic heterocycles. The van der Waals surface area contributed by atoms with Crippen LogP contribution in [0.25, 0.3) is 0 Å². The van der Waals surface area contributed by atoms with Crippen molar-refractivity contribution in [3.8, 4) is 0 Å². The summed E-state index contributed by atoms with van der Waals surface area (Å²) in [5.74, 6) is 1.98. The third-order valence-electron chi connectivity index (χ3n) is 5.77. The number of hydrogen-bond donors (Lipinski definition) is 1. The summed E-state index contributed by atoms with van der Waals surface area (Å²) in [6.45, 7) is 13.5. The largest absolute Gasteiger partial charge is 0.469 e. The summed E-state index contributed by atoms with van der Waals surface area (Å²) in [5, 5.41) is 3.38. The molecule has 2 rings (SSSR count). The van der Waals surface area contributed by atoms with E-state index >= 15 is 0 Å². The first-order valence-corrected chi connectivity index (χ1v) is 10.4. The highest BCUT2D eigenvalue weighted by Crippen LogP contribution is 2.24. The molecule has 0 amide bonds. The lowest BCUT2D eigenvalue weighted by Gasteiger charge is -2.30. The second kappa shape index (κ2) is 12.8. The van der Waals surface area contributed by atoms with Gasteiger partial charge in [0.1, 0.15) is 0 Å². The Bertz CT molecular complexity index is 467. The number of nitrogens with zero attached hydrogens (tertiary/aromatic N) is 3. The minimum atomic E-state index is -0.105. The van der Waals surface area contributed by atoms with E-state index in [0.29, 0.717) is 12.5 Å². The van der Waals surface area contributed by atoms with E-state index in [1.54, 1.807) is 0 Å². The van der Waals surface area contributed by atoms with Crippen molar-refractivity contribution in [3.05, 3.63) is 0 Å². The highest BCUT2D eigenvalue weighted by Gasteiger charge is 2.36. The van der Waals surface area contributed by atoms with Gasteiger partial charge in [-0.25, -0.2) is 0 Å². The highest BCUT2D eigenvalue weighted by atomic mass is 127. The summed E-state index contributed by atoms with van der Waals surface area (Å²) in [4.78, 5) is 21.5. The molecular weight excluding hydrogens is 455 g/mol. The summed E-state index contributed by atoms with van der Waals surface area (Å²) in [7, 11) is 1.47. The number of hydrogen-bond acceptors (Lipinski definition) is 4. The normalized spacial score (nSPS) is 24.6. The summed E-state index contributed by atoms with van der Waals surface area (Å²) >= 11 is 0. The number of methoxy groups -OCH3 is 1. The minimum absolute atomic E-state index is 0. The molecule has 2 saturated heterocycles. The zero-order chi connectivity index (χ0) is 18.9. The Balaban J connectivity index is 0.00000364. The number of unbranched alkanes of at least 4 members (excludes halogenated alkanes) is 1. The maximum atomic E-state index is 11.9. The van der Waals surface area contributed by atoms with Gasteiger partial charge in [-0.1, -0.05) is 13.8 Å². The third-order valence-corrected chi connectivity index (χ3v) is 5.77. The number of ether oxygens (including phenoxy) is 1. The molecule has 2 heterocycles. The van der Waals surface area contributed by atoms with E-state index in [1.807, 2.05) is 0 Å². The van der Waals surface area contributed by atoms with Gasteiger partial charge in [0.2, 0.25) is 0 Å². The molecule has 0 radical (unpaired) electrons. The van der Waals surface area contributed by atoms with Crippen LogP contribution in [0.15, 0.2) is 4.99 Å². The monoisotopic (exact) mass is 494 g/mol. The van der Waals surface area contributed by atoms with E-state index in [4.69, 9.17) is 9.73 Å². The lowest BCUT2D eigenvalue weighted by atomic mass is 9.99. The maximum Gasteiger partial charge on any atom is 0.310 e. The van der Waals surface area contributed by atoms with Gasteiger partial charge in [0.25, 0.3) is 0 Å². The van der Waals surface area contributed by atoms with Crippen LogP contribution in [-0.2, 0) is 9.53 Å². The molecule has 27 heavy (non-hydrogen) atoms. The van der Waals surface area contributed by atoms with Crippen molar-refractivity contribution in [1.29, 1.82) is 0 Å². The number of halogens is 1. The highest BCUT2D eigenvalue weighted by molar-refractivity contribution is 14.0. The average molecular weight is 494 g/mol. The first-order valence-electron chi connectivity index (χ1n) is 10.4. The van der Waals surface area contributed by atoms with Gasteiger partial charge in [0.15, 0.2) is 5.96 Å². The van der Waals surface area contributed by atoms with Crippen LogP contribution >= 0.6 is 24.0 Å². The van der Waals surface area contributed by atoms with Gasteiger partial charge in [-0.15, -0.1) is 24.0 Å². The molecule has 2 atom stereocenters. The van der Waals surface area contributed by atoms with Crippen LogP contribution in [-0.4, -0.2) is 74.7 Å². The minimum Gasteiger partial charge on any atom is -0.469 e. The van der Waals surface area contributed by atoms with Crippen molar-refractivity contribution >= 4 is 35.9 Å². The Hall–Kier alpha value is -0.570. The van der Waals surface area contributed by atoms with E-state index in [0.717, 1.165) is 37.9 Å². The molecule has 2 aliphatic rings. The first-order chi connectivity index (χ1) is 12.5. The molecule has 0 bridgehead atoms. The van der Waals surface area contributed by atoms with Crippen LogP contribution in [0.4, 0.5) is 0 Å². The molecule has 2 unspecified atom stereocenters. The van der Waals surface area contributed by atoms with Crippen molar-refractivity contribution in [1.82, 2.24) is 15.1 Å². The molecule has 0 aliphatic carbocycles. The van der Waals surface area contributed by atoms with Crippen molar-refractivity contribution < 1.29 is 9.53 Å². The topological polar surface area (TPSA) is 57.2 Å². The van der Waals surface area contributed by atoms with E-state index in [1.165, 1.54) is 46.0 Å². The van der Waals surface area contributed by atoms with E-state index in [9.17, 15) is 4.79 Å². The zero-order valence-corrected chi connectivity index (χ0v) is 19.9. The number of carbonyl (C=O) groups excluding carboxylic acids is 1. The molecule has 7 heteroatoms. The Morgan fingerprint density at radius 1 is 1.19 bits per heavy atom. The number of guanidine groups is 1. The molecule has 2 fully saturated rings. The molecule has 0 spiro atoms. The number of nitrogens with one attached hydrogen (secondary N) is 1. The molecule has 158 valence electrons. The molecule has 0 aromatic rings. The predicted octanol–water partition coefficient (Wildman–Crippen LogP) is 2.82. The summed E-state index contributed by atoms with van der Waals surface area (Å²) in [5.41, 5.74) is 0. The Kier molecular flexibility index (Phi) is 11.6. The summed E-state index contributed by atoms with van der Waals surface area (Å²) in [6, 6.07) is 0. The van der Waals surface area contributed by atoms with Crippen molar-refractivity contribution in [2.24, 2.45) is 22.7 Å². The first kappa shape index (κ1) is 24.5. The van der Waals surface area contributed by atoms with Crippen LogP contribution in [0.5, 0.6) is 0 Å². The van der Waals surface area contributed by atoms with Crippen LogP contribution in [0, 0.1) is 17.8 Å². The van der Waals surface area contributed by atoms with Gasteiger partial charge in [0, 0.05) is 26.2 Å². The molecule has 0 saturated carbocycles. The van der Waals surface area contributed by atoms with Crippen LogP contribution in [0.3, 0.4) is 0 Å². The fraction of sp³-hybridized carbons (Fsp3) is 0.900. The number of likely N-dealkylation sites (tertiary alicyclic amines) is 2. The van der Waals surface area contributed by atoms with Gasteiger partial charge < -0.3 is 19.9 Å². The van der Waals surface area contributed by atoms with Crippen molar-refractivity contribution in [2.45, 2.75) is 46.5 Å². The fourth-order valence-electron chi connectivity index (χ4n) is 3.94. The molecule has 1 N–H and O–H groups in total. The smallest absolute Gasteiger partial charge is 0.310 e. The number of esters is 1. The second-order valence-corrected chi connectivity index (χ2v) is 7.98. The molecule has 6 nitrogen and oxygen atoms in total. The van der Waals surface area contributed by atoms with Crippen LogP contribution in [0.2, 0.25) is 0 Å². The Morgan fingerprint density at radius 2 is 1.89 bits per heavy atom. The SMILES string of the molecule is CCNC(=NCCCCN1CCC(C)CC1)N1CC(C)C(C(=O)OC)C1.I. The van der Waals surface area contributed by atoms with Crippen molar-refractivity contribution in [2.75, 3.05) is 52.9 Å². The Morgan fingerprint density at radius 3 is 2.52 bits per heavy atom. The summed E-state index contributed by atoms with van der Waals surface area (Å²) < 4.78 is 4.94. The lowest BCUT2D eigenvalue weighted by Crippen LogP contribution is -2.40. The standard InChI is InChI=1S/C20H38N4O2.HI/c1-5-21-20(24-14-17(3)18(15-24)19(25)26-4)22-10-6-7-11-23-12-8-16(2)9-13-23;/h16-18H,5-15H2,1-4H3,(H,21,22);1H. The maximum absolute atomic E-state index is 11.9. The summed E-state index contributed by atoms with van der Waals surface area (Å²) in [6.07, 6.45) is 5.01. The quantitative estimate of drug-likeness (QED) is 0.194. The van der Waals surface area contributed by atoms with Gasteiger partial charge >= 0.3 is 5.97 Å². The number of rotatable bonds is 7. The second-order valence-electron chi connectivity index (χ2n) is 7.98. The van der Waals surface area contributed by atoms with Gasteiger partial charge in [-0.3, -0.25) is 9.79 Å². The average Bonchev–Trinajstić information content (AvgIpc) is 3.03. The fourth-order valence-corrected chi connectivity index (χ4v) is 3.94. The zero-order valence-electron chi connectivity index (χ0n) is 17.6. The number of piperidine rings is 1. The van der Waals surface area contributed by atoms with Crippen molar-refractivity contribution in [3.63, 3.8) is 0 Å². The van der Waals surface area contributed by atoms with Gasteiger partial charge in [0.05, 0.1) is 13.0 Å². The third kappa shape index (κ3) is 7.75. The number of carbonyl (C=O) groups is 1. The van der Waals surface area contributed by atoms with E-state index in [-0.39, 0.29) is 35.9 Å². The van der Waals surface area contributed by atoms with Crippen LogP contribution < -0.4 is 5.32 Å². The number of aliphatic imine (C=N–C) groups is 1. The Labute approximate surface area is 182 Å². The van der Waals surface area contributed by atoms with Gasteiger partial charge in [-0.05, 0) is 64.1 Å². The lowest BCUT2D eigenvalue weighted by molar-refractivity contribution is -0.145.